The van der Waals surface area contributed by atoms with Crippen molar-refractivity contribution in [3.63, 3.8) is 0 Å². The molecule has 0 aromatic carbocycles. The van der Waals surface area contributed by atoms with Crippen molar-refractivity contribution in [2.24, 2.45) is 10.2 Å². The molecule has 7 heteroatoms. The molecule has 0 unspecified atom stereocenters. The Hall–Kier alpha value is -1.50. The summed E-state index contributed by atoms with van der Waals surface area (Å²) in [6.45, 7) is 6.67. The van der Waals surface area contributed by atoms with E-state index in [2.05, 4.69) is 19.7 Å². The molecule has 0 atom stereocenters. The number of ether oxygens (including phenoxy) is 2. The van der Waals surface area contributed by atoms with Crippen molar-refractivity contribution in [3.05, 3.63) is 0 Å². The Labute approximate surface area is 88.4 Å². The average Bonchev–Trinajstić information content (AvgIpc) is 1.98. The Morgan fingerprint density at radius 3 is 1.33 bits per heavy atom. The second-order valence-electron chi connectivity index (χ2n) is 3.07. The first kappa shape index (κ1) is 15.9. The second kappa shape index (κ2) is 7.86. The minimum Gasteiger partial charge on any atom is -0.444 e. The number of hydrogen-bond acceptors (Lipinski definition) is 4. The van der Waals surface area contributed by atoms with Crippen molar-refractivity contribution in [1.82, 2.24) is 6.15 Å². The van der Waals surface area contributed by atoms with Crippen LogP contribution >= 0.6 is 0 Å². The monoisotopic (exact) mass is 216 g/mol. The SMILES string of the molecule is CC(C)OC(=O)/N=N/C(=O)OC(C)C.[N]. The molecular formula is C8H14N3O4. The first-order valence-corrected chi connectivity index (χ1v) is 4.24. The highest BCUT2D eigenvalue weighted by Crippen LogP contribution is 1.96. The van der Waals surface area contributed by atoms with Gasteiger partial charge >= 0.3 is 12.2 Å². The van der Waals surface area contributed by atoms with Gasteiger partial charge in [0.15, 0.2) is 0 Å². The van der Waals surface area contributed by atoms with E-state index in [-0.39, 0.29) is 18.4 Å². The molecule has 2 amide bonds. The highest BCUT2D eigenvalue weighted by atomic mass is 16.6. The van der Waals surface area contributed by atoms with Crippen LogP contribution in [-0.2, 0) is 9.47 Å². The van der Waals surface area contributed by atoms with E-state index in [1.165, 1.54) is 0 Å². The molecule has 0 heterocycles. The van der Waals surface area contributed by atoms with Crippen LogP contribution in [0.15, 0.2) is 10.2 Å². The van der Waals surface area contributed by atoms with Gasteiger partial charge in [0.2, 0.25) is 0 Å². The lowest BCUT2D eigenvalue weighted by Crippen LogP contribution is -2.09. The molecule has 0 saturated carbocycles. The van der Waals surface area contributed by atoms with Crippen LogP contribution < -0.4 is 6.15 Å². The third kappa shape index (κ3) is 10.4. The quantitative estimate of drug-likeness (QED) is 0.658. The molecule has 0 aromatic heterocycles. The van der Waals surface area contributed by atoms with Crippen LogP contribution in [0.4, 0.5) is 9.59 Å². The molecule has 0 fully saturated rings. The minimum absolute atomic E-state index is 0. The lowest BCUT2D eigenvalue weighted by molar-refractivity contribution is 0.115. The van der Waals surface area contributed by atoms with Gasteiger partial charge in [-0.3, -0.25) is 0 Å². The van der Waals surface area contributed by atoms with Gasteiger partial charge in [0.05, 0.1) is 12.2 Å². The summed E-state index contributed by atoms with van der Waals surface area (Å²) >= 11 is 0. The van der Waals surface area contributed by atoms with Gasteiger partial charge in [-0.1, -0.05) is 10.2 Å². The highest BCUT2D eigenvalue weighted by Gasteiger charge is 2.06. The van der Waals surface area contributed by atoms with Crippen molar-refractivity contribution in [2.45, 2.75) is 39.9 Å². The smallest absolute Gasteiger partial charge is 0.444 e. The molecule has 0 aliphatic heterocycles. The predicted molar refractivity (Wildman–Crippen MR) is 50.2 cm³/mol. The number of rotatable bonds is 2. The Bertz CT molecular complexity index is 214. The number of hydrogen-bond donors (Lipinski definition) is 0. The largest absolute Gasteiger partial charge is 0.452 e. The van der Waals surface area contributed by atoms with E-state index in [0.29, 0.717) is 0 Å². The van der Waals surface area contributed by atoms with E-state index in [9.17, 15) is 9.59 Å². The molecule has 85 valence electrons. The summed E-state index contributed by atoms with van der Waals surface area (Å²) in [6.07, 6.45) is -2.38. The zero-order valence-corrected chi connectivity index (χ0v) is 9.13. The van der Waals surface area contributed by atoms with E-state index in [1.807, 2.05) is 0 Å². The fourth-order valence-electron chi connectivity index (χ4n) is 0.532. The molecule has 0 bridgehead atoms. The Morgan fingerprint density at radius 1 is 0.867 bits per heavy atom. The molecule has 7 nitrogen and oxygen atoms in total. The zero-order chi connectivity index (χ0) is 11.1. The normalized spacial score (nSPS) is 10.3. The van der Waals surface area contributed by atoms with Crippen molar-refractivity contribution in [1.29, 1.82) is 0 Å². The molecule has 0 N–H and O–H groups in total. The predicted octanol–water partition coefficient (Wildman–Crippen LogP) is 2.05. The minimum atomic E-state index is -0.902. The molecule has 15 heavy (non-hydrogen) atoms. The lowest BCUT2D eigenvalue weighted by Gasteiger charge is -2.03. The summed E-state index contributed by atoms with van der Waals surface area (Å²) in [7, 11) is 0. The summed E-state index contributed by atoms with van der Waals surface area (Å²) in [5.74, 6) is 0. The van der Waals surface area contributed by atoms with Crippen molar-refractivity contribution < 1.29 is 19.1 Å². The molecule has 0 aliphatic carbocycles. The number of amides is 2. The molecule has 3 radical (unpaired) electrons. The topological polar surface area (TPSA) is 108 Å². The molecule has 0 spiro atoms. The molecule has 0 rings (SSSR count). The van der Waals surface area contributed by atoms with Crippen LogP contribution in [0.2, 0.25) is 0 Å². The fourth-order valence-corrected chi connectivity index (χ4v) is 0.532. The van der Waals surface area contributed by atoms with Gasteiger partial charge in [-0.05, 0) is 27.7 Å². The maximum atomic E-state index is 10.8. The molecular weight excluding hydrogens is 202 g/mol. The number of nitrogens with zero attached hydrogens (tertiary/aromatic N) is 3. The Morgan fingerprint density at radius 2 is 1.13 bits per heavy atom. The summed E-state index contributed by atoms with van der Waals surface area (Å²) in [5.41, 5.74) is 0. The first-order chi connectivity index (χ1) is 6.41. The number of carbonyl (C=O) groups is 2. The van der Waals surface area contributed by atoms with Crippen LogP contribution in [-0.4, -0.2) is 24.4 Å². The van der Waals surface area contributed by atoms with Crippen LogP contribution in [0, 0.1) is 0 Å². The molecule has 0 aliphatic rings. The third-order valence-electron chi connectivity index (χ3n) is 0.886. The van der Waals surface area contributed by atoms with Gasteiger partial charge in [0.25, 0.3) is 0 Å². The Balaban J connectivity index is 0. The van der Waals surface area contributed by atoms with Crippen LogP contribution in [0.3, 0.4) is 0 Å². The van der Waals surface area contributed by atoms with E-state index >= 15 is 0 Å². The van der Waals surface area contributed by atoms with Crippen LogP contribution in [0.25, 0.3) is 0 Å². The summed E-state index contributed by atoms with van der Waals surface area (Å²) in [5, 5.41) is 6.01. The number of azo groups is 1. The summed E-state index contributed by atoms with van der Waals surface area (Å²) in [4.78, 5) is 21.5. The highest BCUT2D eigenvalue weighted by molar-refractivity contribution is 5.73. The first-order valence-electron chi connectivity index (χ1n) is 4.24. The molecule has 0 saturated heterocycles. The fraction of sp³-hybridized carbons (Fsp3) is 0.750. The van der Waals surface area contributed by atoms with E-state index in [0.717, 1.165) is 0 Å². The van der Waals surface area contributed by atoms with Crippen LogP contribution in [0.1, 0.15) is 27.7 Å². The number of carbonyl (C=O) groups excluding carboxylic acids is 2. The maximum Gasteiger partial charge on any atom is 0.452 e. The summed E-state index contributed by atoms with van der Waals surface area (Å²) in [6, 6.07) is 0. The van der Waals surface area contributed by atoms with Gasteiger partial charge < -0.3 is 9.47 Å². The van der Waals surface area contributed by atoms with E-state index in [1.54, 1.807) is 27.7 Å². The second-order valence-corrected chi connectivity index (χ2v) is 3.07. The van der Waals surface area contributed by atoms with Gasteiger partial charge in [-0.2, -0.15) is 0 Å². The van der Waals surface area contributed by atoms with Crippen molar-refractivity contribution >= 4 is 12.2 Å². The summed E-state index contributed by atoms with van der Waals surface area (Å²) < 4.78 is 9.20. The van der Waals surface area contributed by atoms with Gasteiger partial charge in [0, 0.05) is 6.15 Å². The average molecular weight is 216 g/mol. The van der Waals surface area contributed by atoms with Crippen LogP contribution in [0.5, 0.6) is 0 Å². The van der Waals surface area contributed by atoms with Crippen molar-refractivity contribution in [3.8, 4) is 0 Å². The molecule has 0 aromatic rings. The van der Waals surface area contributed by atoms with Gasteiger partial charge in [-0.15, -0.1) is 0 Å². The standard InChI is InChI=1S/C8H14N2O4.N/c1-5(2)13-7(11)9-10-8(12)14-6(3)4;/h5-6H,1-4H3;/b10-9+;. The maximum absolute atomic E-state index is 10.8. The van der Waals surface area contributed by atoms with Gasteiger partial charge in [0.1, 0.15) is 0 Å². The van der Waals surface area contributed by atoms with E-state index in [4.69, 9.17) is 0 Å². The van der Waals surface area contributed by atoms with E-state index < -0.39 is 12.2 Å². The van der Waals surface area contributed by atoms with Crippen molar-refractivity contribution in [2.75, 3.05) is 0 Å². The Kier molecular flexibility index (Phi) is 8.36. The third-order valence-corrected chi connectivity index (χ3v) is 0.886. The zero-order valence-electron chi connectivity index (χ0n) is 9.13. The lowest BCUT2D eigenvalue weighted by atomic mass is 10.5. The van der Waals surface area contributed by atoms with Gasteiger partial charge in [-0.25, -0.2) is 9.59 Å².